The molecule has 0 aromatic carbocycles. The molecule has 2 amide bonds. The molecule has 0 bridgehead atoms. The lowest BCUT2D eigenvalue weighted by molar-refractivity contribution is -0.142. The van der Waals surface area contributed by atoms with Crippen LogP contribution in [0, 0.1) is 5.92 Å². The Morgan fingerprint density at radius 2 is 1.85 bits per heavy atom. The highest BCUT2D eigenvalue weighted by Crippen LogP contribution is 2.20. The Morgan fingerprint density at radius 3 is 2.40 bits per heavy atom. The second-order valence-corrected chi connectivity index (χ2v) is 7.39. The van der Waals surface area contributed by atoms with Gasteiger partial charge in [-0.25, -0.2) is 13.2 Å². The predicted octanol–water partition coefficient (Wildman–Crippen LogP) is -1.13. The maximum Gasteiger partial charge on any atom is 0.320 e. The first-order valence-electron chi connectivity index (χ1n) is 6.34. The van der Waals surface area contributed by atoms with Crippen LogP contribution in [0.25, 0.3) is 0 Å². The molecule has 2 fully saturated rings. The molecule has 0 radical (unpaired) electrons. The Morgan fingerprint density at radius 1 is 1.25 bits per heavy atom. The molecular formula is C11H18N2O6S. The molecule has 114 valence electrons. The van der Waals surface area contributed by atoms with Gasteiger partial charge in [-0.05, 0) is 0 Å². The number of carboxylic acid groups (broad SMARTS) is 1. The van der Waals surface area contributed by atoms with Crippen molar-refractivity contribution < 1.29 is 27.9 Å². The van der Waals surface area contributed by atoms with Crippen LogP contribution in [0.4, 0.5) is 4.79 Å². The zero-order valence-electron chi connectivity index (χ0n) is 11.2. The van der Waals surface area contributed by atoms with E-state index in [2.05, 4.69) is 0 Å². The second-order valence-electron chi connectivity index (χ2n) is 5.08. The van der Waals surface area contributed by atoms with E-state index >= 15 is 0 Å². The summed E-state index contributed by atoms with van der Waals surface area (Å²) in [5, 5.41) is 9.08. The standard InChI is InChI=1S/C11H18N2O6S/c1-12(9-7-19-6-8(9)10(14)15)11(16)13-2-4-20(17,18)5-3-13/h8-9H,2-7H2,1H3,(H,14,15). The molecule has 9 heteroatoms. The molecule has 0 spiro atoms. The number of rotatable bonds is 2. The number of nitrogens with zero attached hydrogens (tertiary/aromatic N) is 2. The van der Waals surface area contributed by atoms with Gasteiger partial charge in [0.15, 0.2) is 9.84 Å². The van der Waals surface area contributed by atoms with Crippen LogP contribution in [0.2, 0.25) is 0 Å². The summed E-state index contributed by atoms with van der Waals surface area (Å²) in [6, 6.07) is -0.861. The predicted molar refractivity (Wildman–Crippen MR) is 69.1 cm³/mol. The van der Waals surface area contributed by atoms with Gasteiger partial charge in [0.05, 0.1) is 30.8 Å². The molecule has 0 aromatic heterocycles. The lowest BCUT2D eigenvalue weighted by Gasteiger charge is -2.34. The van der Waals surface area contributed by atoms with Crippen molar-refractivity contribution >= 4 is 21.8 Å². The summed E-state index contributed by atoms with van der Waals surface area (Å²) >= 11 is 0. The molecule has 8 nitrogen and oxygen atoms in total. The minimum atomic E-state index is -3.05. The molecule has 0 saturated carbocycles. The number of carbonyl (C=O) groups excluding carboxylic acids is 1. The number of likely N-dealkylation sites (N-methyl/N-ethyl adjacent to an activating group) is 1. The Balaban J connectivity index is 2.00. The van der Waals surface area contributed by atoms with Crippen molar-refractivity contribution in [1.82, 2.24) is 9.80 Å². The SMILES string of the molecule is CN(C(=O)N1CCS(=O)(=O)CC1)C1COCC1C(=O)O. The van der Waals surface area contributed by atoms with Gasteiger partial charge in [0.2, 0.25) is 0 Å². The lowest BCUT2D eigenvalue weighted by Crippen LogP contribution is -2.53. The summed E-state index contributed by atoms with van der Waals surface area (Å²) in [5.41, 5.74) is 0. The minimum Gasteiger partial charge on any atom is -0.481 e. The first kappa shape index (κ1) is 15.0. The van der Waals surface area contributed by atoms with Crippen LogP contribution in [0.15, 0.2) is 0 Å². The average molecular weight is 306 g/mol. The number of amides is 2. The number of hydrogen-bond donors (Lipinski definition) is 1. The lowest BCUT2D eigenvalue weighted by atomic mass is 10.0. The van der Waals surface area contributed by atoms with Gasteiger partial charge < -0.3 is 19.6 Å². The smallest absolute Gasteiger partial charge is 0.320 e. The monoisotopic (exact) mass is 306 g/mol. The van der Waals surface area contributed by atoms with E-state index in [9.17, 15) is 18.0 Å². The number of sulfone groups is 1. The summed E-state index contributed by atoms with van der Waals surface area (Å²) in [6.45, 7) is 0.574. The van der Waals surface area contributed by atoms with Crippen LogP contribution in [0.5, 0.6) is 0 Å². The molecule has 2 saturated heterocycles. The van der Waals surface area contributed by atoms with E-state index in [1.165, 1.54) is 16.8 Å². The van der Waals surface area contributed by atoms with Crippen molar-refractivity contribution in [3.63, 3.8) is 0 Å². The summed E-state index contributed by atoms with van der Waals surface area (Å²) in [6.07, 6.45) is 0. The molecular weight excluding hydrogens is 288 g/mol. The minimum absolute atomic E-state index is 0.0455. The van der Waals surface area contributed by atoms with Crippen LogP contribution >= 0.6 is 0 Å². The fraction of sp³-hybridized carbons (Fsp3) is 0.818. The van der Waals surface area contributed by atoms with Crippen molar-refractivity contribution in [2.75, 3.05) is 44.9 Å². The van der Waals surface area contributed by atoms with E-state index in [-0.39, 0.29) is 43.8 Å². The van der Waals surface area contributed by atoms with Crippen molar-refractivity contribution in [2.24, 2.45) is 5.92 Å². The molecule has 0 aliphatic carbocycles. The topological polar surface area (TPSA) is 104 Å². The number of hydrogen-bond acceptors (Lipinski definition) is 5. The molecule has 2 unspecified atom stereocenters. The van der Waals surface area contributed by atoms with Crippen LogP contribution < -0.4 is 0 Å². The van der Waals surface area contributed by atoms with Crippen molar-refractivity contribution in [1.29, 1.82) is 0 Å². The summed E-state index contributed by atoms with van der Waals surface area (Å²) in [7, 11) is -1.52. The van der Waals surface area contributed by atoms with Gasteiger partial charge in [-0.1, -0.05) is 0 Å². The van der Waals surface area contributed by atoms with Crippen molar-refractivity contribution in [3.8, 4) is 0 Å². The number of carbonyl (C=O) groups is 2. The summed E-state index contributed by atoms with van der Waals surface area (Å²) in [5.74, 6) is -1.82. The molecule has 1 N–H and O–H groups in total. The second kappa shape index (κ2) is 5.57. The highest BCUT2D eigenvalue weighted by atomic mass is 32.2. The molecule has 20 heavy (non-hydrogen) atoms. The highest BCUT2D eigenvalue weighted by Gasteiger charge is 2.40. The number of ether oxygens (including phenoxy) is 1. The third-order valence-corrected chi connectivity index (χ3v) is 5.39. The van der Waals surface area contributed by atoms with Gasteiger partial charge in [-0.3, -0.25) is 4.79 Å². The Kier molecular flexibility index (Phi) is 4.19. The van der Waals surface area contributed by atoms with E-state index in [0.29, 0.717) is 0 Å². The molecule has 2 aliphatic heterocycles. The van der Waals surface area contributed by atoms with Crippen LogP contribution in [-0.4, -0.2) is 86.2 Å². The zero-order chi connectivity index (χ0) is 14.9. The van der Waals surface area contributed by atoms with Gasteiger partial charge in [0, 0.05) is 20.1 Å². The van der Waals surface area contributed by atoms with Gasteiger partial charge in [0.25, 0.3) is 0 Å². The van der Waals surface area contributed by atoms with E-state index in [0.717, 1.165) is 0 Å². The number of urea groups is 1. The van der Waals surface area contributed by atoms with Gasteiger partial charge >= 0.3 is 12.0 Å². The Bertz CT molecular complexity index is 491. The van der Waals surface area contributed by atoms with Crippen molar-refractivity contribution in [3.05, 3.63) is 0 Å². The normalized spacial score (nSPS) is 29.1. The fourth-order valence-electron chi connectivity index (χ4n) is 2.43. The summed E-state index contributed by atoms with van der Waals surface area (Å²) < 4.78 is 27.8. The first-order chi connectivity index (χ1) is 9.32. The maximum atomic E-state index is 12.3. The largest absolute Gasteiger partial charge is 0.481 e. The fourth-order valence-corrected chi connectivity index (χ4v) is 3.63. The quantitative estimate of drug-likeness (QED) is 0.692. The zero-order valence-corrected chi connectivity index (χ0v) is 12.0. The third kappa shape index (κ3) is 3.04. The molecule has 2 heterocycles. The highest BCUT2D eigenvalue weighted by molar-refractivity contribution is 7.91. The molecule has 0 aromatic rings. The van der Waals surface area contributed by atoms with Crippen LogP contribution in [0.3, 0.4) is 0 Å². The van der Waals surface area contributed by atoms with Crippen LogP contribution in [-0.2, 0) is 19.4 Å². The molecule has 2 aliphatic rings. The Hall–Kier alpha value is -1.35. The van der Waals surface area contributed by atoms with E-state index < -0.39 is 27.8 Å². The number of carboxylic acids is 1. The molecule has 2 rings (SSSR count). The van der Waals surface area contributed by atoms with Crippen molar-refractivity contribution in [2.45, 2.75) is 6.04 Å². The third-order valence-electron chi connectivity index (χ3n) is 3.78. The van der Waals surface area contributed by atoms with Gasteiger partial charge in [0.1, 0.15) is 5.92 Å². The molecule has 2 atom stereocenters. The average Bonchev–Trinajstić information content (AvgIpc) is 2.86. The Labute approximate surface area is 117 Å². The summed E-state index contributed by atoms with van der Waals surface area (Å²) in [4.78, 5) is 26.2. The first-order valence-corrected chi connectivity index (χ1v) is 8.16. The van der Waals surface area contributed by atoms with Crippen LogP contribution in [0.1, 0.15) is 0 Å². The van der Waals surface area contributed by atoms with Gasteiger partial charge in [-0.2, -0.15) is 0 Å². The number of aliphatic carboxylic acids is 1. The van der Waals surface area contributed by atoms with E-state index in [4.69, 9.17) is 9.84 Å². The van der Waals surface area contributed by atoms with Gasteiger partial charge in [-0.15, -0.1) is 0 Å². The van der Waals surface area contributed by atoms with E-state index in [1.807, 2.05) is 0 Å². The maximum absolute atomic E-state index is 12.3. The van der Waals surface area contributed by atoms with E-state index in [1.54, 1.807) is 0 Å².